The van der Waals surface area contributed by atoms with Gasteiger partial charge in [-0.05, 0) is 34.9 Å². The van der Waals surface area contributed by atoms with E-state index in [1.807, 2.05) is 6.20 Å². The summed E-state index contributed by atoms with van der Waals surface area (Å²) in [6, 6.07) is 8.81. The summed E-state index contributed by atoms with van der Waals surface area (Å²) in [5.74, 6) is 1.05. The molecule has 0 radical (unpaired) electrons. The Labute approximate surface area is 97.5 Å². The molecule has 2 aromatic rings. The van der Waals surface area contributed by atoms with Crippen LogP contribution >= 0.6 is 0 Å². The molecule has 1 aromatic heterocycles. The Kier molecular flexibility index (Phi) is 2.95. The number of hydrogen-bond acceptors (Lipinski definition) is 1. The molecule has 0 saturated carbocycles. The summed E-state index contributed by atoms with van der Waals surface area (Å²) in [6.45, 7) is 8.85. The first kappa shape index (κ1) is 11.1. The molecule has 0 atom stereocenters. The maximum absolute atomic E-state index is 4.51. The van der Waals surface area contributed by atoms with Crippen molar-refractivity contribution >= 4 is 10.8 Å². The number of aromatic nitrogens is 1. The molecule has 1 aromatic carbocycles. The minimum atomic E-state index is 0.478. The molecule has 16 heavy (non-hydrogen) atoms. The molecule has 0 saturated heterocycles. The fraction of sp³-hybridized carbons (Fsp3) is 0.400. The summed E-state index contributed by atoms with van der Waals surface area (Å²) < 4.78 is 0. The minimum Gasteiger partial charge on any atom is -0.260 e. The van der Waals surface area contributed by atoms with E-state index in [0.29, 0.717) is 11.8 Å². The van der Waals surface area contributed by atoms with Crippen LogP contribution in [0.4, 0.5) is 0 Å². The molecule has 0 amide bonds. The van der Waals surface area contributed by atoms with Gasteiger partial charge in [0.15, 0.2) is 0 Å². The molecule has 0 N–H and O–H groups in total. The van der Waals surface area contributed by atoms with Gasteiger partial charge < -0.3 is 0 Å². The van der Waals surface area contributed by atoms with Gasteiger partial charge in [0.2, 0.25) is 0 Å². The minimum absolute atomic E-state index is 0.478. The van der Waals surface area contributed by atoms with Crippen LogP contribution in [-0.2, 0) is 0 Å². The summed E-state index contributed by atoms with van der Waals surface area (Å²) in [6.07, 6.45) is 1.91. The first-order valence-electron chi connectivity index (χ1n) is 5.98. The van der Waals surface area contributed by atoms with Gasteiger partial charge in [-0.3, -0.25) is 4.98 Å². The number of pyridine rings is 1. The summed E-state index contributed by atoms with van der Waals surface area (Å²) in [5.41, 5.74) is 2.60. The standard InChI is InChI=1S/C15H19N/c1-10(2)13-6-5-12-7-8-16-15(11(3)4)14(12)9-13/h5-11H,1-4H3. The Hall–Kier alpha value is -1.37. The van der Waals surface area contributed by atoms with E-state index in [9.17, 15) is 0 Å². The smallest absolute Gasteiger partial charge is 0.0507 e. The number of nitrogens with zero attached hydrogens (tertiary/aromatic N) is 1. The van der Waals surface area contributed by atoms with Crippen LogP contribution in [0.25, 0.3) is 10.8 Å². The molecular weight excluding hydrogens is 194 g/mol. The van der Waals surface area contributed by atoms with E-state index in [0.717, 1.165) is 0 Å². The lowest BCUT2D eigenvalue weighted by atomic mass is 9.96. The summed E-state index contributed by atoms with van der Waals surface area (Å²) in [4.78, 5) is 4.51. The molecule has 0 fully saturated rings. The first-order chi connectivity index (χ1) is 7.59. The van der Waals surface area contributed by atoms with Crippen LogP contribution in [0.2, 0.25) is 0 Å². The molecule has 2 rings (SSSR count). The van der Waals surface area contributed by atoms with E-state index >= 15 is 0 Å². The van der Waals surface area contributed by atoms with E-state index < -0.39 is 0 Å². The molecular formula is C15H19N. The van der Waals surface area contributed by atoms with Crippen LogP contribution in [0.1, 0.15) is 50.8 Å². The number of rotatable bonds is 2. The van der Waals surface area contributed by atoms with Crippen molar-refractivity contribution in [3.63, 3.8) is 0 Å². The third-order valence-electron chi connectivity index (χ3n) is 3.03. The zero-order valence-electron chi connectivity index (χ0n) is 10.5. The Morgan fingerprint density at radius 2 is 1.69 bits per heavy atom. The maximum atomic E-state index is 4.51. The normalized spacial score (nSPS) is 11.6. The summed E-state index contributed by atoms with van der Waals surface area (Å²) in [7, 11) is 0. The van der Waals surface area contributed by atoms with Gasteiger partial charge in [-0.15, -0.1) is 0 Å². The van der Waals surface area contributed by atoms with Crippen LogP contribution < -0.4 is 0 Å². The Bertz CT molecular complexity index is 498. The average molecular weight is 213 g/mol. The second-order valence-corrected chi connectivity index (χ2v) is 4.99. The first-order valence-corrected chi connectivity index (χ1v) is 5.98. The van der Waals surface area contributed by atoms with Crippen molar-refractivity contribution in [3.05, 3.63) is 41.7 Å². The fourth-order valence-corrected chi connectivity index (χ4v) is 2.03. The van der Waals surface area contributed by atoms with Crippen molar-refractivity contribution in [2.45, 2.75) is 39.5 Å². The average Bonchev–Trinajstić information content (AvgIpc) is 2.27. The highest BCUT2D eigenvalue weighted by molar-refractivity contribution is 5.85. The van der Waals surface area contributed by atoms with E-state index in [4.69, 9.17) is 0 Å². The number of benzene rings is 1. The second kappa shape index (κ2) is 4.25. The third kappa shape index (κ3) is 1.95. The lowest BCUT2D eigenvalue weighted by Gasteiger charge is -2.11. The van der Waals surface area contributed by atoms with E-state index in [1.54, 1.807) is 0 Å². The molecule has 0 bridgehead atoms. The Morgan fingerprint density at radius 1 is 0.938 bits per heavy atom. The van der Waals surface area contributed by atoms with Crippen LogP contribution in [0.3, 0.4) is 0 Å². The van der Waals surface area contributed by atoms with Crippen molar-refractivity contribution in [2.24, 2.45) is 0 Å². The zero-order chi connectivity index (χ0) is 11.7. The van der Waals surface area contributed by atoms with Crippen molar-refractivity contribution in [2.75, 3.05) is 0 Å². The van der Waals surface area contributed by atoms with Gasteiger partial charge in [-0.2, -0.15) is 0 Å². The topological polar surface area (TPSA) is 12.9 Å². The van der Waals surface area contributed by atoms with E-state index in [1.165, 1.54) is 22.0 Å². The fourth-order valence-electron chi connectivity index (χ4n) is 2.03. The van der Waals surface area contributed by atoms with Crippen LogP contribution in [0.5, 0.6) is 0 Å². The highest BCUT2D eigenvalue weighted by Crippen LogP contribution is 2.26. The van der Waals surface area contributed by atoms with Crippen molar-refractivity contribution < 1.29 is 0 Å². The molecule has 0 unspecified atom stereocenters. The molecule has 1 heteroatoms. The lowest BCUT2D eigenvalue weighted by molar-refractivity contribution is 0.832. The van der Waals surface area contributed by atoms with Gasteiger partial charge in [0, 0.05) is 11.6 Å². The maximum Gasteiger partial charge on any atom is 0.0507 e. The van der Waals surface area contributed by atoms with E-state index in [2.05, 4.69) is 56.9 Å². The van der Waals surface area contributed by atoms with Gasteiger partial charge >= 0.3 is 0 Å². The SMILES string of the molecule is CC(C)c1ccc2ccnc(C(C)C)c2c1. The molecule has 0 aliphatic heterocycles. The van der Waals surface area contributed by atoms with Gasteiger partial charge in [0.25, 0.3) is 0 Å². The largest absolute Gasteiger partial charge is 0.260 e. The van der Waals surface area contributed by atoms with Gasteiger partial charge in [-0.25, -0.2) is 0 Å². The van der Waals surface area contributed by atoms with Crippen LogP contribution in [0, 0.1) is 0 Å². The zero-order valence-corrected chi connectivity index (χ0v) is 10.5. The predicted octanol–water partition coefficient (Wildman–Crippen LogP) is 4.48. The summed E-state index contributed by atoms with van der Waals surface area (Å²) in [5, 5.41) is 2.60. The number of hydrogen-bond donors (Lipinski definition) is 0. The monoisotopic (exact) mass is 213 g/mol. The Morgan fingerprint density at radius 3 is 2.31 bits per heavy atom. The second-order valence-electron chi connectivity index (χ2n) is 4.99. The molecule has 1 nitrogen and oxygen atoms in total. The molecule has 1 heterocycles. The highest BCUT2D eigenvalue weighted by atomic mass is 14.7. The Balaban J connectivity index is 2.68. The van der Waals surface area contributed by atoms with Gasteiger partial charge in [0.05, 0.1) is 5.69 Å². The highest BCUT2D eigenvalue weighted by Gasteiger charge is 2.08. The van der Waals surface area contributed by atoms with Crippen LogP contribution in [-0.4, -0.2) is 4.98 Å². The van der Waals surface area contributed by atoms with Crippen molar-refractivity contribution in [1.82, 2.24) is 4.98 Å². The third-order valence-corrected chi connectivity index (χ3v) is 3.03. The van der Waals surface area contributed by atoms with Gasteiger partial charge in [0.1, 0.15) is 0 Å². The predicted molar refractivity (Wildman–Crippen MR) is 69.9 cm³/mol. The quantitative estimate of drug-likeness (QED) is 0.716. The van der Waals surface area contributed by atoms with Crippen molar-refractivity contribution in [1.29, 1.82) is 0 Å². The van der Waals surface area contributed by atoms with Crippen molar-refractivity contribution in [3.8, 4) is 0 Å². The van der Waals surface area contributed by atoms with Crippen LogP contribution in [0.15, 0.2) is 30.5 Å². The van der Waals surface area contributed by atoms with E-state index in [-0.39, 0.29) is 0 Å². The molecule has 0 aliphatic carbocycles. The molecule has 0 spiro atoms. The molecule has 84 valence electrons. The number of fused-ring (bicyclic) bond motifs is 1. The summed E-state index contributed by atoms with van der Waals surface area (Å²) >= 11 is 0. The lowest BCUT2D eigenvalue weighted by Crippen LogP contribution is -1.95. The molecule has 0 aliphatic rings. The van der Waals surface area contributed by atoms with Gasteiger partial charge in [-0.1, -0.05) is 39.8 Å².